The maximum atomic E-state index is 11.5. The molecule has 1 N–H and O–H groups in total. The summed E-state index contributed by atoms with van der Waals surface area (Å²) in [5, 5.41) is 2.44. The summed E-state index contributed by atoms with van der Waals surface area (Å²) in [7, 11) is -0.0913. The van der Waals surface area contributed by atoms with Gasteiger partial charge in [-0.2, -0.15) is 0 Å². The minimum atomic E-state index is -2.99. The van der Waals surface area contributed by atoms with Crippen LogP contribution in [0.5, 0.6) is 0 Å². The largest absolute Gasteiger partial charge is 0.540 e. The van der Waals surface area contributed by atoms with E-state index < -0.39 is 20.9 Å². The predicted octanol–water partition coefficient (Wildman–Crippen LogP) is 1.03. The summed E-state index contributed by atoms with van der Waals surface area (Å²) >= 11 is 0. The van der Waals surface area contributed by atoms with Crippen LogP contribution in [0.3, 0.4) is 0 Å². The highest BCUT2D eigenvalue weighted by Gasteiger charge is 2.41. The van der Waals surface area contributed by atoms with Gasteiger partial charge in [0.2, 0.25) is 0 Å². The van der Waals surface area contributed by atoms with Crippen LogP contribution < -0.4 is 5.32 Å². The zero-order valence-electron chi connectivity index (χ0n) is 13.6. The van der Waals surface area contributed by atoms with Crippen molar-refractivity contribution >= 4 is 20.9 Å². The van der Waals surface area contributed by atoms with Crippen LogP contribution in [-0.4, -0.2) is 61.1 Å². The Morgan fingerprint density at radius 2 is 1.77 bits per heavy atom. The first-order valence-electron chi connectivity index (χ1n) is 6.88. The topological polar surface area (TPSA) is 92.3 Å². The van der Waals surface area contributed by atoms with E-state index in [1.165, 1.54) is 14.2 Å². The van der Waals surface area contributed by atoms with Crippen LogP contribution >= 0.6 is 0 Å². The molecular weight excluding hydrogens is 310 g/mol. The first-order chi connectivity index (χ1) is 10.4. The minimum absolute atomic E-state index is 0.0320. The second kappa shape index (κ2) is 11.2. The summed E-state index contributed by atoms with van der Waals surface area (Å²) in [6.07, 6.45) is 0.0246. The number of hydrogen-bond acceptors (Lipinski definition) is 7. The van der Waals surface area contributed by atoms with Crippen LogP contribution in [0.25, 0.3) is 0 Å². The molecule has 0 aliphatic carbocycles. The molecule has 0 aliphatic rings. The van der Waals surface area contributed by atoms with E-state index in [9.17, 15) is 9.59 Å². The number of carbonyl (C=O) groups excluding carboxylic acids is 2. The highest BCUT2D eigenvalue weighted by atomic mass is 28.4. The molecule has 9 heteroatoms. The third kappa shape index (κ3) is 8.13. The molecule has 0 atom stereocenters. The van der Waals surface area contributed by atoms with Crippen molar-refractivity contribution in [1.82, 2.24) is 5.32 Å². The number of alkyl carbamates (subject to hydrolysis) is 1. The number of nitrogens with one attached hydrogen (secondary N) is 1. The van der Waals surface area contributed by atoms with E-state index in [4.69, 9.17) is 22.8 Å². The Hall–Kier alpha value is -1.42. The number of esters is 1. The lowest BCUT2D eigenvalue weighted by atomic mass is 10.4. The third-order valence-corrected chi connectivity index (χ3v) is 4.87. The summed E-state index contributed by atoms with van der Waals surface area (Å²) in [5.41, 5.74) is 0.298. The lowest BCUT2D eigenvalue weighted by Crippen LogP contribution is -2.50. The van der Waals surface area contributed by atoms with Crippen molar-refractivity contribution in [2.45, 2.75) is 20.3 Å². The Balaban J connectivity index is 4.04. The van der Waals surface area contributed by atoms with Crippen LogP contribution in [0.4, 0.5) is 4.79 Å². The highest BCUT2D eigenvalue weighted by molar-refractivity contribution is 6.60. The van der Waals surface area contributed by atoms with E-state index in [2.05, 4.69) is 11.9 Å². The first-order valence-corrected chi connectivity index (χ1v) is 8.81. The van der Waals surface area contributed by atoms with Crippen LogP contribution in [-0.2, 0) is 27.5 Å². The monoisotopic (exact) mass is 335 g/mol. The molecule has 0 aromatic rings. The summed E-state index contributed by atoms with van der Waals surface area (Å²) in [6.45, 7) is 7.55. The summed E-state index contributed by atoms with van der Waals surface area (Å²) in [5.74, 6) is -0.506. The Morgan fingerprint density at radius 1 is 1.14 bits per heavy atom. The van der Waals surface area contributed by atoms with Crippen LogP contribution in [0.2, 0.25) is 0 Å². The summed E-state index contributed by atoms with van der Waals surface area (Å²) < 4.78 is 25.8. The van der Waals surface area contributed by atoms with E-state index in [0.717, 1.165) is 6.42 Å². The van der Waals surface area contributed by atoms with Crippen molar-refractivity contribution < 1.29 is 32.3 Å². The van der Waals surface area contributed by atoms with Gasteiger partial charge < -0.3 is 28.1 Å². The predicted molar refractivity (Wildman–Crippen MR) is 81.1 cm³/mol. The molecule has 128 valence electrons. The summed E-state index contributed by atoms with van der Waals surface area (Å²) in [4.78, 5) is 22.7. The van der Waals surface area contributed by atoms with Gasteiger partial charge >= 0.3 is 20.9 Å². The molecule has 0 bridgehead atoms. The van der Waals surface area contributed by atoms with Gasteiger partial charge in [-0.15, -0.1) is 0 Å². The van der Waals surface area contributed by atoms with Crippen LogP contribution in [0.1, 0.15) is 20.3 Å². The zero-order valence-corrected chi connectivity index (χ0v) is 14.6. The van der Waals surface area contributed by atoms with E-state index in [0.29, 0.717) is 12.2 Å². The molecule has 0 unspecified atom stereocenters. The molecule has 0 spiro atoms. The molecule has 0 rings (SSSR count). The van der Waals surface area contributed by atoms with Crippen molar-refractivity contribution in [1.29, 1.82) is 0 Å². The van der Waals surface area contributed by atoms with Gasteiger partial charge in [-0.3, -0.25) is 0 Å². The average Bonchev–Trinajstić information content (AvgIpc) is 2.52. The van der Waals surface area contributed by atoms with Crippen molar-refractivity contribution in [2.24, 2.45) is 0 Å². The number of carbonyl (C=O) groups is 2. The molecule has 0 heterocycles. The van der Waals surface area contributed by atoms with Gasteiger partial charge in [0.05, 0.1) is 6.54 Å². The van der Waals surface area contributed by atoms with Crippen molar-refractivity contribution in [3.8, 4) is 0 Å². The fourth-order valence-electron chi connectivity index (χ4n) is 1.24. The lowest BCUT2D eigenvalue weighted by Gasteiger charge is -2.25. The maximum Gasteiger partial charge on any atom is 0.540 e. The van der Waals surface area contributed by atoms with E-state index in [1.54, 1.807) is 6.92 Å². The molecule has 0 radical (unpaired) electrons. The number of ether oxygens (including phenoxy) is 2. The molecule has 8 nitrogen and oxygen atoms in total. The quantitative estimate of drug-likeness (QED) is 0.261. The molecule has 0 saturated heterocycles. The van der Waals surface area contributed by atoms with E-state index >= 15 is 0 Å². The standard InChI is InChI=1S/C13H25NO7Si/c1-6-8-21-22(17-4,18-5)10-20-13(16)14-7-9-19-12(15)11(2)3/h2,6-10H2,1,3-5H3,(H,14,16). The first kappa shape index (κ1) is 20.6. The highest BCUT2D eigenvalue weighted by Crippen LogP contribution is 2.08. The van der Waals surface area contributed by atoms with Crippen molar-refractivity contribution in [3.63, 3.8) is 0 Å². The zero-order chi connectivity index (χ0) is 17.0. The summed E-state index contributed by atoms with van der Waals surface area (Å²) in [6, 6.07) is 0. The normalized spacial score (nSPS) is 10.9. The molecule has 22 heavy (non-hydrogen) atoms. The molecular formula is C13H25NO7Si. The minimum Gasteiger partial charge on any atom is -0.460 e. The van der Waals surface area contributed by atoms with Crippen molar-refractivity contribution in [3.05, 3.63) is 12.2 Å². The number of hydrogen-bond donors (Lipinski definition) is 1. The Labute approximate surface area is 132 Å². The fraction of sp³-hybridized carbons (Fsp3) is 0.692. The fourth-order valence-corrected chi connectivity index (χ4v) is 2.79. The Bertz CT molecular complexity index is 371. The number of rotatable bonds is 11. The third-order valence-electron chi connectivity index (χ3n) is 2.48. The average molecular weight is 335 g/mol. The second-order valence-electron chi connectivity index (χ2n) is 4.36. The Kier molecular flexibility index (Phi) is 10.5. The molecule has 0 aromatic heterocycles. The van der Waals surface area contributed by atoms with Gasteiger partial charge in [0.15, 0.2) is 6.23 Å². The molecule has 0 fully saturated rings. The SMILES string of the molecule is C=C(C)C(=O)OCCNC(=O)OC[Si](OC)(OC)OCCC. The van der Waals surface area contributed by atoms with Crippen LogP contribution in [0, 0.1) is 0 Å². The van der Waals surface area contributed by atoms with Gasteiger partial charge in [0.1, 0.15) is 6.61 Å². The van der Waals surface area contributed by atoms with Gasteiger partial charge in [0.25, 0.3) is 0 Å². The molecule has 0 aliphatic heterocycles. The van der Waals surface area contributed by atoms with Crippen LogP contribution in [0.15, 0.2) is 12.2 Å². The Morgan fingerprint density at radius 3 is 2.27 bits per heavy atom. The molecule has 0 aromatic carbocycles. The van der Waals surface area contributed by atoms with Gasteiger partial charge in [-0.05, 0) is 13.3 Å². The number of amides is 1. The van der Waals surface area contributed by atoms with E-state index in [-0.39, 0.29) is 19.4 Å². The molecule has 1 amide bonds. The molecule has 0 saturated carbocycles. The smallest absolute Gasteiger partial charge is 0.460 e. The lowest BCUT2D eigenvalue weighted by molar-refractivity contribution is -0.138. The second-order valence-corrected chi connectivity index (χ2v) is 7.12. The van der Waals surface area contributed by atoms with Gasteiger partial charge in [0, 0.05) is 26.4 Å². The maximum absolute atomic E-state index is 11.5. The van der Waals surface area contributed by atoms with Gasteiger partial charge in [-0.25, -0.2) is 9.59 Å². The van der Waals surface area contributed by atoms with Gasteiger partial charge in [-0.1, -0.05) is 13.5 Å². The van der Waals surface area contributed by atoms with E-state index in [1.807, 2.05) is 6.92 Å². The van der Waals surface area contributed by atoms with Crippen molar-refractivity contribution in [2.75, 3.05) is 40.2 Å².